The van der Waals surface area contributed by atoms with Gasteiger partial charge < -0.3 is 14.6 Å². The van der Waals surface area contributed by atoms with Gasteiger partial charge in [-0.25, -0.2) is 0 Å². The van der Waals surface area contributed by atoms with Crippen molar-refractivity contribution >= 4 is 11.9 Å². The first kappa shape index (κ1) is 11.4. The van der Waals surface area contributed by atoms with Gasteiger partial charge >= 0.3 is 11.9 Å². The Morgan fingerprint density at radius 1 is 1.50 bits per heavy atom. The molecule has 2 rings (SSSR count). The molecule has 5 heteroatoms. The Bertz CT molecular complexity index is 335. The molecule has 0 radical (unpaired) electrons. The lowest BCUT2D eigenvalue weighted by molar-refractivity contribution is -0.183. The van der Waals surface area contributed by atoms with Crippen LogP contribution in [0.5, 0.6) is 0 Å². The largest absolute Gasteiger partial charge is 0.481 e. The number of carboxylic acid groups (broad SMARTS) is 1. The van der Waals surface area contributed by atoms with E-state index in [-0.39, 0.29) is 6.42 Å². The second kappa shape index (κ2) is 3.45. The highest BCUT2D eigenvalue weighted by Crippen LogP contribution is 2.45. The molecule has 0 aromatic carbocycles. The van der Waals surface area contributed by atoms with Crippen LogP contribution in [0.1, 0.15) is 33.1 Å². The van der Waals surface area contributed by atoms with Gasteiger partial charge in [0.1, 0.15) is 11.5 Å². The Morgan fingerprint density at radius 2 is 2.19 bits per heavy atom. The predicted octanol–water partition coefficient (Wildman–Crippen LogP) is 0.962. The maximum atomic E-state index is 11.3. The number of aliphatic carboxylic acids is 1. The van der Waals surface area contributed by atoms with Gasteiger partial charge in [-0.1, -0.05) is 0 Å². The van der Waals surface area contributed by atoms with Crippen LogP contribution >= 0.6 is 0 Å². The lowest BCUT2D eigenvalue weighted by atomic mass is 9.75. The van der Waals surface area contributed by atoms with Crippen LogP contribution in [0.25, 0.3) is 0 Å². The third-order valence-electron chi connectivity index (χ3n) is 3.36. The minimum Gasteiger partial charge on any atom is -0.481 e. The summed E-state index contributed by atoms with van der Waals surface area (Å²) in [6.45, 7) is 4.21. The first-order chi connectivity index (χ1) is 7.35. The highest BCUT2D eigenvalue weighted by atomic mass is 16.6. The number of carbonyl (C=O) groups excluding carboxylic acids is 1. The van der Waals surface area contributed by atoms with Crippen LogP contribution in [0.3, 0.4) is 0 Å². The fourth-order valence-corrected chi connectivity index (χ4v) is 2.75. The van der Waals surface area contributed by atoms with Crippen LogP contribution in [0, 0.1) is 5.92 Å². The molecule has 1 spiro atoms. The average Bonchev–Trinajstić information content (AvgIpc) is 2.40. The Hall–Kier alpha value is -1.10. The van der Waals surface area contributed by atoms with Gasteiger partial charge in [-0.05, 0) is 13.8 Å². The topological polar surface area (TPSA) is 72.8 Å². The molecular formula is C11H16O5. The third kappa shape index (κ3) is 1.80. The molecule has 2 aliphatic heterocycles. The summed E-state index contributed by atoms with van der Waals surface area (Å²) in [7, 11) is 0. The third-order valence-corrected chi connectivity index (χ3v) is 3.36. The number of hydrogen-bond acceptors (Lipinski definition) is 4. The van der Waals surface area contributed by atoms with Gasteiger partial charge in [-0.2, -0.15) is 0 Å². The Balaban J connectivity index is 2.28. The Morgan fingerprint density at radius 3 is 2.75 bits per heavy atom. The molecule has 0 bridgehead atoms. The zero-order valence-corrected chi connectivity index (χ0v) is 9.49. The highest BCUT2D eigenvalue weighted by Gasteiger charge is 2.56. The van der Waals surface area contributed by atoms with E-state index < -0.39 is 29.1 Å². The molecule has 2 atom stereocenters. The molecule has 0 aromatic heterocycles. The SMILES string of the molecule is CC1(C)C[C@]2(CCO1)OC(=O)C[C@@H]2C(=O)O. The molecule has 2 heterocycles. The molecule has 0 unspecified atom stereocenters. The Kier molecular flexibility index (Phi) is 2.45. The number of rotatable bonds is 1. The van der Waals surface area contributed by atoms with Crippen LogP contribution in [-0.4, -0.2) is 34.9 Å². The standard InChI is InChI=1S/C11H16O5/c1-10(2)6-11(3-4-15-10)7(9(13)14)5-8(12)16-11/h7H,3-6H2,1-2H3,(H,13,14)/t7-,11+/m1/s1. The monoisotopic (exact) mass is 228 g/mol. The van der Waals surface area contributed by atoms with E-state index in [0.717, 1.165) is 0 Å². The first-order valence-corrected chi connectivity index (χ1v) is 5.43. The predicted molar refractivity (Wildman–Crippen MR) is 53.8 cm³/mol. The van der Waals surface area contributed by atoms with Crippen LogP contribution in [0.15, 0.2) is 0 Å². The van der Waals surface area contributed by atoms with Crippen molar-refractivity contribution in [2.24, 2.45) is 5.92 Å². The summed E-state index contributed by atoms with van der Waals surface area (Å²) in [4.78, 5) is 22.5. The van der Waals surface area contributed by atoms with E-state index in [1.807, 2.05) is 13.8 Å². The molecule has 0 amide bonds. The van der Waals surface area contributed by atoms with Gasteiger partial charge in [0.05, 0.1) is 18.6 Å². The molecule has 16 heavy (non-hydrogen) atoms. The molecule has 0 saturated carbocycles. The summed E-state index contributed by atoms with van der Waals surface area (Å²) < 4.78 is 10.8. The molecule has 5 nitrogen and oxygen atoms in total. The van der Waals surface area contributed by atoms with E-state index in [4.69, 9.17) is 14.6 Å². The van der Waals surface area contributed by atoms with Crippen molar-refractivity contribution in [3.8, 4) is 0 Å². The summed E-state index contributed by atoms with van der Waals surface area (Å²) in [5.74, 6) is -2.10. The highest BCUT2D eigenvalue weighted by molar-refractivity contribution is 5.83. The zero-order chi connectivity index (χ0) is 12.0. The second-order valence-corrected chi connectivity index (χ2v) is 5.17. The molecule has 2 saturated heterocycles. The fraction of sp³-hybridized carbons (Fsp3) is 0.818. The number of ether oxygens (including phenoxy) is 2. The van der Waals surface area contributed by atoms with E-state index in [1.54, 1.807) is 0 Å². The van der Waals surface area contributed by atoms with Gasteiger partial charge in [0.25, 0.3) is 0 Å². The van der Waals surface area contributed by atoms with Crippen molar-refractivity contribution in [1.29, 1.82) is 0 Å². The van der Waals surface area contributed by atoms with Crippen LogP contribution in [-0.2, 0) is 19.1 Å². The molecule has 2 aliphatic rings. The van der Waals surface area contributed by atoms with Gasteiger partial charge in [0.2, 0.25) is 0 Å². The number of carbonyl (C=O) groups is 2. The summed E-state index contributed by atoms with van der Waals surface area (Å²) in [6, 6.07) is 0. The normalized spacial score (nSPS) is 37.4. The van der Waals surface area contributed by atoms with E-state index in [2.05, 4.69) is 0 Å². The van der Waals surface area contributed by atoms with Crippen molar-refractivity contribution in [3.63, 3.8) is 0 Å². The molecule has 2 fully saturated rings. The van der Waals surface area contributed by atoms with E-state index in [0.29, 0.717) is 19.4 Å². The van der Waals surface area contributed by atoms with E-state index in [9.17, 15) is 9.59 Å². The van der Waals surface area contributed by atoms with E-state index in [1.165, 1.54) is 0 Å². The maximum Gasteiger partial charge on any atom is 0.311 e. The van der Waals surface area contributed by atoms with Gasteiger partial charge in [-0.15, -0.1) is 0 Å². The van der Waals surface area contributed by atoms with Crippen molar-refractivity contribution < 1.29 is 24.2 Å². The fourth-order valence-electron chi connectivity index (χ4n) is 2.75. The molecule has 0 aromatic rings. The Labute approximate surface area is 93.7 Å². The minimum atomic E-state index is -0.955. The van der Waals surface area contributed by atoms with Crippen molar-refractivity contribution in [2.75, 3.05) is 6.61 Å². The first-order valence-electron chi connectivity index (χ1n) is 5.43. The lowest BCUT2D eigenvalue weighted by Gasteiger charge is -2.43. The van der Waals surface area contributed by atoms with E-state index >= 15 is 0 Å². The number of carboxylic acids is 1. The van der Waals surface area contributed by atoms with Crippen LogP contribution < -0.4 is 0 Å². The molecule has 1 N–H and O–H groups in total. The summed E-state index contributed by atoms with van der Waals surface area (Å²) >= 11 is 0. The van der Waals surface area contributed by atoms with Crippen LogP contribution in [0.4, 0.5) is 0 Å². The van der Waals surface area contributed by atoms with Crippen LogP contribution in [0.2, 0.25) is 0 Å². The van der Waals surface area contributed by atoms with Gasteiger partial charge in [0, 0.05) is 12.8 Å². The second-order valence-electron chi connectivity index (χ2n) is 5.17. The maximum absolute atomic E-state index is 11.3. The van der Waals surface area contributed by atoms with Crippen molar-refractivity contribution in [2.45, 2.75) is 44.3 Å². The minimum absolute atomic E-state index is 0.0224. The average molecular weight is 228 g/mol. The number of hydrogen-bond donors (Lipinski definition) is 1. The smallest absolute Gasteiger partial charge is 0.311 e. The van der Waals surface area contributed by atoms with Gasteiger partial charge in [0.15, 0.2) is 0 Å². The van der Waals surface area contributed by atoms with Crippen molar-refractivity contribution in [1.82, 2.24) is 0 Å². The zero-order valence-electron chi connectivity index (χ0n) is 9.49. The summed E-state index contributed by atoms with van der Waals surface area (Å²) in [6.07, 6.45) is 0.896. The lowest BCUT2D eigenvalue weighted by Crippen LogP contribution is -2.51. The molecular weight excluding hydrogens is 212 g/mol. The molecule has 0 aliphatic carbocycles. The number of esters is 1. The van der Waals surface area contributed by atoms with Gasteiger partial charge in [-0.3, -0.25) is 9.59 Å². The molecule has 90 valence electrons. The quantitative estimate of drug-likeness (QED) is 0.677. The summed E-state index contributed by atoms with van der Waals surface area (Å²) in [5, 5.41) is 9.15. The van der Waals surface area contributed by atoms with Crippen molar-refractivity contribution in [3.05, 3.63) is 0 Å². The summed E-state index contributed by atoms with van der Waals surface area (Å²) in [5.41, 5.74) is -1.29.